The first-order valence-corrected chi connectivity index (χ1v) is 14.0. The van der Waals surface area contributed by atoms with Crippen LogP contribution in [0.15, 0.2) is 60.7 Å². The molecule has 2 atom stereocenters. The summed E-state index contributed by atoms with van der Waals surface area (Å²) in [6.45, 7) is 14.4. The minimum atomic E-state index is -2.20. The lowest BCUT2D eigenvalue weighted by Gasteiger charge is -2.46. The second-order valence-corrected chi connectivity index (χ2v) is 15.1. The number of benzene rings is 2. The van der Waals surface area contributed by atoms with Crippen LogP contribution < -0.4 is 5.32 Å². The molecule has 0 saturated carbocycles. The van der Waals surface area contributed by atoms with Crippen LogP contribution in [-0.4, -0.2) is 44.2 Å². The zero-order chi connectivity index (χ0) is 24.2. The van der Waals surface area contributed by atoms with Gasteiger partial charge in [0.15, 0.2) is 8.32 Å². The lowest BCUT2D eigenvalue weighted by Crippen LogP contribution is -2.60. The summed E-state index contributed by atoms with van der Waals surface area (Å²) < 4.78 is 11.7. The average molecular weight is 458 g/mol. The fraction of sp³-hybridized carbons (Fsp3) is 0.500. The molecule has 2 rings (SSSR count). The van der Waals surface area contributed by atoms with Crippen LogP contribution in [0.4, 0.5) is 0 Å². The Morgan fingerprint density at radius 3 is 1.72 bits per heavy atom. The molecule has 2 unspecified atom stereocenters. The van der Waals surface area contributed by atoms with E-state index in [9.17, 15) is 9.90 Å². The van der Waals surface area contributed by atoms with Gasteiger partial charge < -0.3 is 14.3 Å². The Morgan fingerprint density at radius 2 is 1.34 bits per heavy atom. The highest BCUT2D eigenvalue weighted by Crippen LogP contribution is 2.40. The number of esters is 1. The minimum absolute atomic E-state index is 0.0329. The summed E-state index contributed by atoms with van der Waals surface area (Å²) in [6.07, 6.45) is -1.13. The summed E-state index contributed by atoms with van der Waals surface area (Å²) in [5.41, 5.74) is 1.01. The number of hydrogen-bond donors (Lipinski definition) is 2. The topological polar surface area (TPSA) is 67.8 Å². The van der Waals surface area contributed by atoms with Gasteiger partial charge in [0.25, 0.3) is 0 Å². The lowest BCUT2D eigenvalue weighted by atomic mass is 9.92. The van der Waals surface area contributed by atoms with Gasteiger partial charge in [0.1, 0.15) is 12.1 Å². The van der Waals surface area contributed by atoms with Gasteiger partial charge in [-0.1, -0.05) is 81.4 Å². The Bertz CT molecular complexity index is 823. The third kappa shape index (κ3) is 6.29. The fourth-order valence-corrected chi connectivity index (χ4v) is 5.29. The van der Waals surface area contributed by atoms with Crippen LogP contribution in [0, 0.1) is 0 Å². The second-order valence-electron chi connectivity index (χ2n) is 10.3. The minimum Gasteiger partial charge on any atom is -0.468 e. The van der Waals surface area contributed by atoms with E-state index in [1.807, 2.05) is 74.5 Å². The highest BCUT2D eigenvalue weighted by atomic mass is 28.4. The summed E-state index contributed by atoms with van der Waals surface area (Å²) in [5, 5.41) is 14.8. The molecular formula is C26H39NO4Si. The number of rotatable bonds is 9. The molecule has 2 aromatic carbocycles. The van der Waals surface area contributed by atoms with Crippen molar-refractivity contribution in [2.24, 2.45) is 0 Å². The number of ether oxygens (including phenoxy) is 1. The lowest BCUT2D eigenvalue weighted by molar-refractivity contribution is -0.152. The number of nitrogens with one attached hydrogen (secondary N) is 1. The van der Waals surface area contributed by atoms with E-state index in [-0.39, 0.29) is 11.1 Å². The molecule has 0 aromatic heterocycles. The van der Waals surface area contributed by atoms with Crippen molar-refractivity contribution in [3.05, 3.63) is 71.8 Å². The fourth-order valence-electron chi connectivity index (χ4n) is 3.54. The summed E-state index contributed by atoms with van der Waals surface area (Å²) in [4.78, 5) is 12.9. The molecule has 0 bridgehead atoms. The van der Waals surface area contributed by atoms with Crippen LogP contribution in [0.3, 0.4) is 0 Å². The van der Waals surface area contributed by atoms with Crippen LogP contribution >= 0.6 is 0 Å². The van der Waals surface area contributed by atoms with Crippen molar-refractivity contribution in [1.29, 1.82) is 0 Å². The van der Waals surface area contributed by atoms with Crippen molar-refractivity contribution < 1.29 is 19.1 Å². The zero-order valence-corrected chi connectivity index (χ0v) is 21.7. The maximum atomic E-state index is 12.9. The Morgan fingerprint density at radius 1 is 0.906 bits per heavy atom. The maximum absolute atomic E-state index is 12.9. The van der Waals surface area contributed by atoms with E-state index in [0.717, 1.165) is 11.1 Å². The van der Waals surface area contributed by atoms with Crippen LogP contribution in [0.2, 0.25) is 18.1 Å². The van der Waals surface area contributed by atoms with Gasteiger partial charge in [0, 0.05) is 0 Å². The number of carbonyl (C=O) groups excluding carboxylic acids is 1. The predicted molar refractivity (Wildman–Crippen MR) is 132 cm³/mol. The van der Waals surface area contributed by atoms with Gasteiger partial charge in [0.2, 0.25) is 0 Å². The molecule has 0 aliphatic carbocycles. The van der Waals surface area contributed by atoms with Crippen LogP contribution in [0.25, 0.3) is 0 Å². The smallest absolute Gasteiger partial charge is 0.325 e. The van der Waals surface area contributed by atoms with E-state index in [1.165, 1.54) is 7.11 Å². The van der Waals surface area contributed by atoms with Crippen LogP contribution in [-0.2, 0) is 14.0 Å². The van der Waals surface area contributed by atoms with Crippen molar-refractivity contribution in [2.75, 3.05) is 7.11 Å². The molecule has 5 nitrogen and oxygen atoms in total. The Hall–Kier alpha value is -1.99. The molecule has 6 heteroatoms. The van der Waals surface area contributed by atoms with Gasteiger partial charge in [-0.2, -0.15) is 0 Å². The zero-order valence-electron chi connectivity index (χ0n) is 20.7. The molecule has 0 fully saturated rings. The van der Waals surface area contributed by atoms with Gasteiger partial charge in [-0.3, -0.25) is 10.1 Å². The van der Waals surface area contributed by atoms with Gasteiger partial charge >= 0.3 is 5.97 Å². The van der Waals surface area contributed by atoms with Gasteiger partial charge in [-0.05, 0) is 43.1 Å². The molecule has 0 radical (unpaired) electrons. The van der Waals surface area contributed by atoms with Crippen molar-refractivity contribution >= 4 is 14.3 Å². The van der Waals surface area contributed by atoms with E-state index in [2.05, 4.69) is 39.2 Å². The first kappa shape index (κ1) is 26.3. The molecule has 0 aliphatic heterocycles. The predicted octanol–water partition coefficient (Wildman–Crippen LogP) is 5.07. The third-order valence-electron chi connectivity index (χ3n) is 6.42. The van der Waals surface area contributed by atoms with Gasteiger partial charge in [-0.15, -0.1) is 0 Å². The maximum Gasteiger partial charge on any atom is 0.325 e. The molecule has 0 spiro atoms. The molecule has 0 saturated heterocycles. The van der Waals surface area contributed by atoms with E-state index in [1.54, 1.807) is 0 Å². The number of aliphatic hydroxyl groups is 1. The second kappa shape index (κ2) is 10.3. The SMILES string of the molecule is COC(=O)C(NC(c1ccccc1)c1ccccc1)C(O)C(C)(C)O[Si](C)(C)C(C)(C)C. The summed E-state index contributed by atoms with van der Waals surface area (Å²) >= 11 is 0. The molecule has 176 valence electrons. The van der Waals surface area contributed by atoms with E-state index in [4.69, 9.17) is 9.16 Å². The van der Waals surface area contributed by atoms with Crippen molar-refractivity contribution in [3.63, 3.8) is 0 Å². The molecular weight excluding hydrogens is 418 g/mol. The largest absolute Gasteiger partial charge is 0.468 e. The van der Waals surface area contributed by atoms with Crippen LogP contribution in [0.5, 0.6) is 0 Å². The van der Waals surface area contributed by atoms with Crippen LogP contribution in [0.1, 0.15) is 51.8 Å². The average Bonchev–Trinajstić information content (AvgIpc) is 2.73. The summed E-state index contributed by atoms with van der Waals surface area (Å²) in [5.74, 6) is -0.527. The standard InChI is InChI=1S/C26H39NO4Si/c1-25(2,3)32(7,8)31-26(4,5)23(28)22(24(29)30-6)27-21(19-15-11-9-12-16-19)20-17-13-10-14-18-20/h9-18,21-23,27-28H,1-8H3. The number of aliphatic hydroxyl groups excluding tert-OH is 1. The van der Waals surface area contributed by atoms with E-state index in [0.29, 0.717) is 0 Å². The quantitative estimate of drug-likeness (QED) is 0.406. The summed E-state index contributed by atoms with van der Waals surface area (Å²) in [7, 11) is -0.863. The van der Waals surface area contributed by atoms with E-state index >= 15 is 0 Å². The molecule has 0 amide bonds. The number of hydrogen-bond acceptors (Lipinski definition) is 5. The van der Waals surface area contributed by atoms with Crippen molar-refractivity contribution in [3.8, 4) is 0 Å². The van der Waals surface area contributed by atoms with Crippen molar-refractivity contribution in [2.45, 2.75) is 76.5 Å². The number of carbonyl (C=O) groups is 1. The normalized spacial score (nSPS) is 14.8. The monoisotopic (exact) mass is 457 g/mol. The molecule has 2 N–H and O–H groups in total. The van der Waals surface area contributed by atoms with Crippen molar-refractivity contribution in [1.82, 2.24) is 5.32 Å². The Balaban J connectivity index is 2.42. The summed E-state index contributed by atoms with van der Waals surface area (Å²) in [6, 6.07) is 18.5. The molecule has 32 heavy (non-hydrogen) atoms. The molecule has 2 aromatic rings. The van der Waals surface area contributed by atoms with Gasteiger partial charge in [-0.25, -0.2) is 0 Å². The third-order valence-corrected chi connectivity index (χ3v) is 11.1. The molecule has 0 heterocycles. The highest BCUT2D eigenvalue weighted by Gasteiger charge is 2.47. The Labute approximate surface area is 194 Å². The van der Waals surface area contributed by atoms with E-state index < -0.39 is 32.0 Å². The highest BCUT2D eigenvalue weighted by molar-refractivity contribution is 6.74. The first-order chi connectivity index (χ1) is 14.8. The first-order valence-electron chi connectivity index (χ1n) is 11.1. The van der Waals surface area contributed by atoms with Gasteiger partial charge in [0.05, 0.1) is 18.8 Å². The Kier molecular flexibility index (Phi) is 8.45. The molecule has 0 aliphatic rings. The number of methoxy groups -OCH3 is 1.